The van der Waals surface area contributed by atoms with Gasteiger partial charge in [-0.25, -0.2) is 4.98 Å². The highest BCUT2D eigenvalue weighted by Crippen LogP contribution is 2.26. The van der Waals surface area contributed by atoms with E-state index in [-0.39, 0.29) is 12.0 Å². The Labute approximate surface area is 70.2 Å². The fraction of sp³-hybridized carbons (Fsp3) is 0.429. The van der Waals surface area contributed by atoms with Gasteiger partial charge >= 0.3 is 0 Å². The third-order valence-electron chi connectivity index (χ3n) is 2.08. The molecule has 2 heterocycles. The van der Waals surface area contributed by atoms with Crippen molar-refractivity contribution in [2.45, 2.75) is 19.5 Å². The molecule has 1 aliphatic rings. The molecule has 1 aromatic heterocycles. The standard InChI is InChI=1S/C7H11N5/c1-3-5-4(2-10-3)6(8)12-7(9)11-5/h3,10H,2H2,1H3,(H4,8,9,11,12). The molecule has 5 N–H and O–H groups in total. The smallest absolute Gasteiger partial charge is 0.222 e. The van der Waals surface area contributed by atoms with Gasteiger partial charge in [0.05, 0.1) is 5.69 Å². The van der Waals surface area contributed by atoms with E-state index in [0.29, 0.717) is 5.82 Å². The predicted molar refractivity (Wildman–Crippen MR) is 46.1 cm³/mol. The lowest BCUT2D eigenvalue weighted by molar-refractivity contribution is 0.624. The van der Waals surface area contributed by atoms with E-state index in [1.54, 1.807) is 0 Å². The highest BCUT2D eigenvalue weighted by Gasteiger charge is 2.22. The summed E-state index contributed by atoms with van der Waals surface area (Å²) in [6.45, 7) is 2.76. The number of hydrogen-bond acceptors (Lipinski definition) is 5. The van der Waals surface area contributed by atoms with Crippen molar-refractivity contribution in [3.05, 3.63) is 11.3 Å². The second-order valence-corrected chi connectivity index (χ2v) is 2.93. The third-order valence-corrected chi connectivity index (χ3v) is 2.08. The maximum absolute atomic E-state index is 5.66. The van der Waals surface area contributed by atoms with Crippen LogP contribution in [0.1, 0.15) is 24.2 Å². The van der Waals surface area contributed by atoms with Crippen LogP contribution in [0.4, 0.5) is 11.8 Å². The van der Waals surface area contributed by atoms with Crippen LogP contribution in [0.2, 0.25) is 0 Å². The maximum Gasteiger partial charge on any atom is 0.222 e. The van der Waals surface area contributed by atoms with Gasteiger partial charge in [-0.15, -0.1) is 0 Å². The Hall–Kier alpha value is -1.36. The van der Waals surface area contributed by atoms with Crippen LogP contribution in [0.5, 0.6) is 0 Å². The van der Waals surface area contributed by atoms with Gasteiger partial charge in [-0.3, -0.25) is 0 Å². The number of anilines is 2. The molecular formula is C7H11N5. The summed E-state index contributed by atoms with van der Waals surface area (Å²) in [5, 5.41) is 3.21. The Morgan fingerprint density at radius 2 is 2.17 bits per heavy atom. The van der Waals surface area contributed by atoms with E-state index < -0.39 is 0 Å². The van der Waals surface area contributed by atoms with Crippen LogP contribution in [0.3, 0.4) is 0 Å². The van der Waals surface area contributed by atoms with Gasteiger partial charge in [0.15, 0.2) is 0 Å². The molecule has 0 aromatic carbocycles. The number of rotatable bonds is 0. The molecule has 5 heteroatoms. The number of hydrogen-bond donors (Lipinski definition) is 3. The minimum absolute atomic E-state index is 0.229. The van der Waals surface area contributed by atoms with Crippen molar-refractivity contribution < 1.29 is 0 Å². The molecule has 0 radical (unpaired) electrons. The monoisotopic (exact) mass is 165 g/mol. The van der Waals surface area contributed by atoms with Crippen LogP contribution in [0.25, 0.3) is 0 Å². The Morgan fingerprint density at radius 1 is 1.42 bits per heavy atom. The molecule has 12 heavy (non-hydrogen) atoms. The minimum Gasteiger partial charge on any atom is -0.383 e. The van der Waals surface area contributed by atoms with Crippen LogP contribution in [0, 0.1) is 0 Å². The fourth-order valence-corrected chi connectivity index (χ4v) is 1.43. The zero-order valence-electron chi connectivity index (χ0n) is 6.83. The van der Waals surface area contributed by atoms with Crippen LogP contribution in [-0.2, 0) is 6.54 Å². The van der Waals surface area contributed by atoms with E-state index in [2.05, 4.69) is 15.3 Å². The Balaban J connectivity index is 2.60. The summed E-state index contributed by atoms with van der Waals surface area (Å²) in [7, 11) is 0. The molecule has 1 aliphatic heterocycles. The number of fused-ring (bicyclic) bond motifs is 1. The average Bonchev–Trinajstić information content (AvgIpc) is 2.33. The normalized spacial score (nSPS) is 20.9. The summed E-state index contributed by atoms with van der Waals surface area (Å²) in [4.78, 5) is 8.00. The lowest BCUT2D eigenvalue weighted by Crippen LogP contribution is -2.08. The van der Waals surface area contributed by atoms with Gasteiger partial charge in [0.1, 0.15) is 5.82 Å². The van der Waals surface area contributed by atoms with Crippen molar-refractivity contribution in [1.82, 2.24) is 15.3 Å². The van der Waals surface area contributed by atoms with Gasteiger partial charge in [-0.1, -0.05) is 0 Å². The summed E-state index contributed by atoms with van der Waals surface area (Å²) < 4.78 is 0. The molecule has 0 saturated carbocycles. The number of nitrogens with one attached hydrogen (secondary N) is 1. The Bertz CT molecular complexity index is 322. The van der Waals surface area contributed by atoms with Crippen LogP contribution in [0.15, 0.2) is 0 Å². The van der Waals surface area contributed by atoms with Gasteiger partial charge in [0.2, 0.25) is 5.95 Å². The SMILES string of the molecule is CC1NCc2c(N)nc(N)nc21. The topological polar surface area (TPSA) is 89.8 Å². The van der Waals surface area contributed by atoms with E-state index in [1.165, 1.54) is 0 Å². The lowest BCUT2D eigenvalue weighted by atomic mass is 10.2. The molecule has 0 saturated heterocycles. The molecule has 64 valence electrons. The second kappa shape index (κ2) is 2.31. The zero-order chi connectivity index (χ0) is 8.72. The van der Waals surface area contributed by atoms with Gasteiger partial charge in [-0.05, 0) is 6.92 Å². The van der Waals surface area contributed by atoms with E-state index >= 15 is 0 Å². The van der Waals surface area contributed by atoms with Crippen molar-refractivity contribution in [2.75, 3.05) is 11.5 Å². The summed E-state index contributed by atoms with van der Waals surface area (Å²) >= 11 is 0. The fourth-order valence-electron chi connectivity index (χ4n) is 1.43. The van der Waals surface area contributed by atoms with Crippen molar-refractivity contribution in [2.24, 2.45) is 0 Å². The van der Waals surface area contributed by atoms with Crippen LogP contribution < -0.4 is 16.8 Å². The first kappa shape index (κ1) is 7.30. The molecule has 5 nitrogen and oxygen atoms in total. The quantitative estimate of drug-likeness (QED) is 0.495. The number of nitrogen functional groups attached to an aromatic ring is 2. The first-order valence-electron chi connectivity index (χ1n) is 3.83. The van der Waals surface area contributed by atoms with Crippen molar-refractivity contribution >= 4 is 11.8 Å². The molecular weight excluding hydrogens is 154 g/mol. The minimum atomic E-state index is 0.229. The molecule has 0 spiro atoms. The predicted octanol–water partition coefficient (Wildman–Crippen LogP) is -0.195. The van der Waals surface area contributed by atoms with E-state index in [4.69, 9.17) is 11.5 Å². The van der Waals surface area contributed by atoms with E-state index in [0.717, 1.165) is 17.8 Å². The maximum atomic E-state index is 5.66. The summed E-state index contributed by atoms with van der Waals surface area (Å²) in [5.41, 5.74) is 13.0. The van der Waals surface area contributed by atoms with Crippen molar-refractivity contribution in [3.63, 3.8) is 0 Å². The van der Waals surface area contributed by atoms with Crippen molar-refractivity contribution in [1.29, 1.82) is 0 Å². The summed E-state index contributed by atoms with van der Waals surface area (Å²) in [5.74, 6) is 0.746. The van der Waals surface area contributed by atoms with Crippen LogP contribution >= 0.6 is 0 Å². The molecule has 0 amide bonds. The number of nitrogens with two attached hydrogens (primary N) is 2. The number of aromatic nitrogens is 2. The average molecular weight is 165 g/mol. The van der Waals surface area contributed by atoms with Gasteiger partial charge in [0, 0.05) is 18.2 Å². The third kappa shape index (κ3) is 0.902. The number of nitrogens with zero attached hydrogens (tertiary/aromatic N) is 2. The molecule has 1 unspecified atom stereocenters. The van der Waals surface area contributed by atoms with E-state index in [1.807, 2.05) is 6.92 Å². The Kier molecular flexibility index (Phi) is 1.41. The molecule has 1 atom stereocenters. The summed E-state index contributed by atoms with van der Waals surface area (Å²) in [6.07, 6.45) is 0. The molecule has 0 aliphatic carbocycles. The lowest BCUT2D eigenvalue weighted by Gasteiger charge is -2.04. The first-order valence-corrected chi connectivity index (χ1v) is 3.83. The summed E-state index contributed by atoms with van der Waals surface area (Å²) in [6, 6.07) is 0.229. The largest absolute Gasteiger partial charge is 0.383 e. The first-order chi connectivity index (χ1) is 5.68. The molecule has 1 aromatic rings. The van der Waals surface area contributed by atoms with Gasteiger partial charge in [-0.2, -0.15) is 4.98 Å². The van der Waals surface area contributed by atoms with Gasteiger partial charge < -0.3 is 16.8 Å². The Morgan fingerprint density at radius 3 is 2.92 bits per heavy atom. The second-order valence-electron chi connectivity index (χ2n) is 2.93. The molecule has 0 bridgehead atoms. The van der Waals surface area contributed by atoms with Crippen LogP contribution in [-0.4, -0.2) is 9.97 Å². The van der Waals surface area contributed by atoms with Gasteiger partial charge in [0.25, 0.3) is 0 Å². The molecule has 2 rings (SSSR count). The van der Waals surface area contributed by atoms with E-state index in [9.17, 15) is 0 Å². The zero-order valence-corrected chi connectivity index (χ0v) is 6.83. The molecule has 0 fully saturated rings. The highest BCUT2D eigenvalue weighted by molar-refractivity contribution is 5.48. The van der Waals surface area contributed by atoms with Crippen molar-refractivity contribution in [3.8, 4) is 0 Å². The highest BCUT2D eigenvalue weighted by atomic mass is 15.1.